The first-order chi connectivity index (χ1) is 13.4. The molecule has 28 heavy (non-hydrogen) atoms. The molecule has 0 bridgehead atoms. The maximum atomic E-state index is 12.5. The number of para-hydroxylation sites is 2. The van der Waals surface area contributed by atoms with E-state index >= 15 is 0 Å². The number of ether oxygens (including phenoxy) is 1. The summed E-state index contributed by atoms with van der Waals surface area (Å²) in [4.78, 5) is 21.1. The van der Waals surface area contributed by atoms with Gasteiger partial charge in [-0.1, -0.05) is 24.3 Å². The molecule has 0 aliphatic rings. The van der Waals surface area contributed by atoms with E-state index in [9.17, 15) is 4.79 Å². The van der Waals surface area contributed by atoms with Gasteiger partial charge in [0.1, 0.15) is 17.3 Å². The zero-order valence-electron chi connectivity index (χ0n) is 16.5. The molecule has 3 aromatic rings. The molecule has 3 rings (SSSR count). The molecular formula is C22H24N4O2. The lowest BCUT2D eigenvalue weighted by molar-refractivity contribution is 0.102. The average Bonchev–Trinajstić information content (AvgIpc) is 2.67. The van der Waals surface area contributed by atoms with E-state index in [0.717, 1.165) is 11.3 Å². The zero-order chi connectivity index (χ0) is 20.1. The molecular weight excluding hydrogens is 352 g/mol. The van der Waals surface area contributed by atoms with Gasteiger partial charge in [0.25, 0.3) is 5.91 Å². The summed E-state index contributed by atoms with van der Waals surface area (Å²) in [7, 11) is 0. The van der Waals surface area contributed by atoms with Gasteiger partial charge in [0.05, 0.1) is 24.2 Å². The van der Waals surface area contributed by atoms with Crippen LogP contribution >= 0.6 is 0 Å². The lowest BCUT2D eigenvalue weighted by Crippen LogP contribution is -2.16. The number of nitrogens with one attached hydrogen (secondary N) is 2. The Kier molecular flexibility index (Phi) is 5.89. The molecule has 6 heteroatoms. The molecule has 0 atom stereocenters. The fourth-order valence-corrected chi connectivity index (χ4v) is 2.65. The molecule has 6 nitrogen and oxygen atoms in total. The summed E-state index contributed by atoms with van der Waals surface area (Å²) < 4.78 is 5.73. The molecule has 144 valence electrons. The van der Waals surface area contributed by atoms with Crippen LogP contribution in [0, 0.1) is 13.8 Å². The van der Waals surface area contributed by atoms with Gasteiger partial charge in [0.2, 0.25) is 0 Å². The Labute approximate surface area is 165 Å². The monoisotopic (exact) mass is 376 g/mol. The number of carbonyl (C=O) groups excluding carboxylic acids is 1. The molecule has 1 amide bonds. The smallest absolute Gasteiger partial charge is 0.275 e. The predicted octanol–water partition coefficient (Wildman–Crippen LogP) is 4.88. The van der Waals surface area contributed by atoms with Gasteiger partial charge >= 0.3 is 0 Å². The number of hydrogen-bond donors (Lipinski definition) is 2. The Hall–Kier alpha value is -3.41. The summed E-state index contributed by atoms with van der Waals surface area (Å²) in [5.74, 6) is 0.853. The molecule has 0 aliphatic carbocycles. The number of carbonyl (C=O) groups is 1. The summed E-state index contributed by atoms with van der Waals surface area (Å²) in [6.45, 7) is 7.97. The van der Waals surface area contributed by atoms with Gasteiger partial charge in [-0.3, -0.25) is 4.79 Å². The molecule has 1 aromatic heterocycles. The van der Waals surface area contributed by atoms with Crippen LogP contribution in [-0.2, 0) is 0 Å². The number of benzene rings is 2. The highest BCUT2D eigenvalue weighted by Crippen LogP contribution is 2.25. The molecule has 0 saturated carbocycles. The molecule has 0 radical (unpaired) electrons. The third kappa shape index (κ3) is 4.65. The summed E-state index contributed by atoms with van der Waals surface area (Å²) in [6.07, 6.45) is 3.01. The van der Waals surface area contributed by atoms with E-state index in [1.165, 1.54) is 11.8 Å². The van der Waals surface area contributed by atoms with E-state index in [4.69, 9.17) is 4.74 Å². The first-order valence-corrected chi connectivity index (χ1v) is 9.16. The molecule has 2 aromatic carbocycles. The van der Waals surface area contributed by atoms with Crippen LogP contribution < -0.4 is 15.4 Å². The Morgan fingerprint density at radius 2 is 1.71 bits per heavy atom. The van der Waals surface area contributed by atoms with Gasteiger partial charge < -0.3 is 15.4 Å². The quantitative estimate of drug-likeness (QED) is 0.641. The van der Waals surface area contributed by atoms with Crippen LogP contribution in [0.25, 0.3) is 0 Å². The normalized spacial score (nSPS) is 10.6. The second kappa shape index (κ2) is 8.52. The van der Waals surface area contributed by atoms with Gasteiger partial charge in [0.15, 0.2) is 0 Å². The maximum Gasteiger partial charge on any atom is 0.275 e. The van der Waals surface area contributed by atoms with Crippen LogP contribution in [0.2, 0.25) is 0 Å². The van der Waals surface area contributed by atoms with Gasteiger partial charge in [-0.25, -0.2) is 9.97 Å². The number of hydrogen-bond acceptors (Lipinski definition) is 5. The maximum absolute atomic E-state index is 12.5. The Bertz CT molecular complexity index is 969. The number of anilines is 3. The van der Waals surface area contributed by atoms with Crippen LogP contribution in [0.4, 0.5) is 17.2 Å². The fourth-order valence-electron chi connectivity index (χ4n) is 2.65. The minimum Gasteiger partial charge on any atom is -0.489 e. The van der Waals surface area contributed by atoms with E-state index in [-0.39, 0.29) is 17.7 Å². The molecule has 0 fully saturated rings. The summed E-state index contributed by atoms with van der Waals surface area (Å²) in [5.41, 5.74) is 4.13. The number of amides is 1. The lowest BCUT2D eigenvalue weighted by Gasteiger charge is -2.14. The second-order valence-corrected chi connectivity index (χ2v) is 6.78. The topological polar surface area (TPSA) is 76.1 Å². The van der Waals surface area contributed by atoms with Crippen LogP contribution in [-0.4, -0.2) is 22.0 Å². The second-order valence-electron chi connectivity index (χ2n) is 6.78. The third-order valence-corrected chi connectivity index (χ3v) is 4.25. The van der Waals surface area contributed by atoms with E-state index in [2.05, 4.69) is 33.6 Å². The number of aromatic nitrogens is 2. The molecule has 0 spiro atoms. The Morgan fingerprint density at radius 3 is 2.43 bits per heavy atom. The van der Waals surface area contributed by atoms with Crippen molar-refractivity contribution in [2.75, 3.05) is 10.6 Å². The standard InChI is InChI=1S/C22H24N4O2/c1-14(2)28-20-11-6-5-9-18(20)26-22(27)19-12-24-21(13-23-19)25-17-10-7-8-15(3)16(17)4/h5-14H,1-4H3,(H,24,25)(H,26,27). The van der Waals surface area contributed by atoms with Crippen LogP contribution in [0.15, 0.2) is 54.9 Å². The first-order valence-electron chi connectivity index (χ1n) is 9.16. The van der Waals surface area contributed by atoms with E-state index in [1.54, 1.807) is 12.3 Å². The first kappa shape index (κ1) is 19.4. The molecule has 0 saturated heterocycles. The van der Waals surface area contributed by atoms with Gasteiger partial charge in [-0.05, 0) is 57.0 Å². The summed E-state index contributed by atoms with van der Waals surface area (Å²) in [5, 5.41) is 6.07. The molecule has 2 N–H and O–H groups in total. The van der Waals surface area contributed by atoms with Crippen molar-refractivity contribution >= 4 is 23.1 Å². The highest BCUT2D eigenvalue weighted by Gasteiger charge is 2.12. The molecule has 1 heterocycles. The molecule has 0 unspecified atom stereocenters. The number of rotatable bonds is 6. The Balaban J connectivity index is 1.72. The minimum absolute atomic E-state index is 0.00767. The largest absolute Gasteiger partial charge is 0.489 e. The van der Waals surface area contributed by atoms with Gasteiger partial charge in [0, 0.05) is 5.69 Å². The van der Waals surface area contributed by atoms with Crippen molar-refractivity contribution < 1.29 is 9.53 Å². The van der Waals surface area contributed by atoms with Crippen molar-refractivity contribution in [2.45, 2.75) is 33.8 Å². The number of nitrogens with zero attached hydrogens (tertiary/aromatic N) is 2. The zero-order valence-corrected chi connectivity index (χ0v) is 16.5. The van der Waals surface area contributed by atoms with Crippen LogP contribution in [0.3, 0.4) is 0 Å². The van der Waals surface area contributed by atoms with E-state index in [1.807, 2.05) is 51.1 Å². The Morgan fingerprint density at radius 1 is 0.964 bits per heavy atom. The molecule has 0 aliphatic heterocycles. The fraction of sp³-hybridized carbons (Fsp3) is 0.227. The van der Waals surface area contributed by atoms with Gasteiger partial charge in [-0.15, -0.1) is 0 Å². The highest BCUT2D eigenvalue weighted by atomic mass is 16.5. The highest BCUT2D eigenvalue weighted by molar-refractivity contribution is 6.03. The third-order valence-electron chi connectivity index (χ3n) is 4.25. The lowest BCUT2D eigenvalue weighted by atomic mass is 10.1. The van der Waals surface area contributed by atoms with Crippen molar-refractivity contribution in [3.05, 3.63) is 71.7 Å². The predicted molar refractivity (Wildman–Crippen MR) is 111 cm³/mol. The average molecular weight is 376 g/mol. The van der Waals surface area contributed by atoms with Crippen LogP contribution in [0.1, 0.15) is 35.5 Å². The minimum atomic E-state index is -0.342. The van der Waals surface area contributed by atoms with Crippen molar-refractivity contribution in [1.29, 1.82) is 0 Å². The van der Waals surface area contributed by atoms with E-state index < -0.39 is 0 Å². The van der Waals surface area contributed by atoms with Crippen molar-refractivity contribution in [1.82, 2.24) is 9.97 Å². The summed E-state index contributed by atoms with van der Waals surface area (Å²) >= 11 is 0. The van der Waals surface area contributed by atoms with Crippen molar-refractivity contribution in [2.24, 2.45) is 0 Å². The van der Waals surface area contributed by atoms with E-state index in [0.29, 0.717) is 17.3 Å². The summed E-state index contributed by atoms with van der Waals surface area (Å²) in [6, 6.07) is 13.3. The number of aryl methyl sites for hydroxylation is 1. The van der Waals surface area contributed by atoms with Gasteiger partial charge in [-0.2, -0.15) is 0 Å². The van der Waals surface area contributed by atoms with Crippen LogP contribution in [0.5, 0.6) is 5.75 Å². The SMILES string of the molecule is Cc1cccc(Nc2cnc(C(=O)Nc3ccccc3OC(C)C)cn2)c1C. The van der Waals surface area contributed by atoms with Crippen molar-refractivity contribution in [3.63, 3.8) is 0 Å². The van der Waals surface area contributed by atoms with Crippen molar-refractivity contribution in [3.8, 4) is 5.75 Å².